The average Bonchev–Trinajstić information content (AvgIpc) is 3.59. The first-order chi connectivity index (χ1) is 14.7. The van der Waals surface area contributed by atoms with E-state index in [1.54, 1.807) is 6.20 Å². The van der Waals surface area contributed by atoms with Gasteiger partial charge in [0.2, 0.25) is 11.8 Å². The first kappa shape index (κ1) is 23.3. The molecule has 31 heavy (non-hydrogen) atoms. The molecule has 1 unspecified atom stereocenters. The number of ether oxygens (including phenoxy) is 1. The van der Waals surface area contributed by atoms with E-state index in [1.807, 2.05) is 37.3 Å². The van der Waals surface area contributed by atoms with Crippen LogP contribution in [0.2, 0.25) is 0 Å². The van der Waals surface area contributed by atoms with Crippen molar-refractivity contribution in [2.75, 3.05) is 25.0 Å². The molecule has 1 aromatic carbocycles. The highest BCUT2D eigenvalue weighted by atomic mass is 127. The van der Waals surface area contributed by atoms with Gasteiger partial charge in [0.25, 0.3) is 0 Å². The van der Waals surface area contributed by atoms with Crippen LogP contribution in [-0.4, -0.2) is 36.5 Å². The molecule has 0 spiro atoms. The van der Waals surface area contributed by atoms with Crippen LogP contribution in [0, 0.1) is 5.92 Å². The molecule has 1 aromatic heterocycles. The van der Waals surface area contributed by atoms with Crippen LogP contribution in [0.15, 0.2) is 47.6 Å². The minimum absolute atomic E-state index is 0. The molecule has 1 aliphatic heterocycles. The van der Waals surface area contributed by atoms with Gasteiger partial charge < -0.3 is 20.7 Å². The van der Waals surface area contributed by atoms with Gasteiger partial charge in [-0.15, -0.1) is 24.0 Å². The van der Waals surface area contributed by atoms with Crippen LogP contribution >= 0.6 is 24.0 Å². The second-order valence-corrected chi connectivity index (χ2v) is 7.87. The van der Waals surface area contributed by atoms with Crippen LogP contribution in [0.3, 0.4) is 0 Å². The maximum atomic E-state index is 12.0. The fourth-order valence-electron chi connectivity index (χ4n) is 3.53. The molecule has 1 aliphatic carbocycles. The first-order valence-electron chi connectivity index (χ1n) is 10.7. The number of hydrogen-bond acceptors (Lipinski definition) is 4. The molecule has 1 amide bonds. The number of guanidine groups is 1. The molecule has 8 heteroatoms. The molecular formula is C23H30IN5O2. The fourth-order valence-corrected chi connectivity index (χ4v) is 3.53. The molecule has 2 aliphatic rings. The van der Waals surface area contributed by atoms with E-state index in [2.05, 4.69) is 27.0 Å². The summed E-state index contributed by atoms with van der Waals surface area (Å²) in [6, 6.07) is 11.9. The van der Waals surface area contributed by atoms with Crippen molar-refractivity contribution < 1.29 is 9.53 Å². The number of fused-ring (bicyclic) bond motifs is 1. The van der Waals surface area contributed by atoms with Crippen molar-refractivity contribution in [3.63, 3.8) is 0 Å². The Bertz CT molecular complexity index is 916. The van der Waals surface area contributed by atoms with E-state index in [4.69, 9.17) is 9.73 Å². The molecule has 0 bridgehead atoms. The third-order valence-electron chi connectivity index (χ3n) is 5.35. The van der Waals surface area contributed by atoms with Crippen molar-refractivity contribution in [2.24, 2.45) is 10.9 Å². The van der Waals surface area contributed by atoms with E-state index in [0.717, 1.165) is 35.9 Å². The maximum absolute atomic E-state index is 12.0. The van der Waals surface area contributed by atoms with E-state index in [0.29, 0.717) is 31.3 Å². The van der Waals surface area contributed by atoms with Crippen LogP contribution in [0.1, 0.15) is 43.2 Å². The second-order valence-electron chi connectivity index (χ2n) is 7.87. The molecule has 4 rings (SSSR count). The monoisotopic (exact) mass is 535 g/mol. The van der Waals surface area contributed by atoms with Gasteiger partial charge in [0.1, 0.15) is 0 Å². The van der Waals surface area contributed by atoms with Crippen molar-refractivity contribution in [1.29, 1.82) is 0 Å². The summed E-state index contributed by atoms with van der Waals surface area (Å²) in [7, 11) is 0. The molecule has 166 valence electrons. The Morgan fingerprint density at radius 2 is 2.10 bits per heavy atom. The van der Waals surface area contributed by atoms with Crippen molar-refractivity contribution >= 4 is 41.5 Å². The number of rotatable bonds is 8. The molecule has 2 aromatic rings. The van der Waals surface area contributed by atoms with Crippen molar-refractivity contribution in [1.82, 2.24) is 15.6 Å². The zero-order valence-corrected chi connectivity index (χ0v) is 20.1. The van der Waals surface area contributed by atoms with Crippen molar-refractivity contribution in [2.45, 2.75) is 38.6 Å². The maximum Gasteiger partial charge on any atom is 0.225 e. The van der Waals surface area contributed by atoms with Gasteiger partial charge in [0, 0.05) is 43.4 Å². The lowest BCUT2D eigenvalue weighted by Crippen LogP contribution is -2.40. The van der Waals surface area contributed by atoms with Crippen LogP contribution in [0.25, 0.3) is 0 Å². The third kappa shape index (κ3) is 6.81. The number of amides is 1. The number of carbonyl (C=O) groups is 1. The van der Waals surface area contributed by atoms with Gasteiger partial charge in [-0.3, -0.25) is 4.79 Å². The number of aromatic nitrogens is 1. The van der Waals surface area contributed by atoms with Gasteiger partial charge in [-0.1, -0.05) is 18.2 Å². The summed E-state index contributed by atoms with van der Waals surface area (Å²) in [6.07, 6.45) is 4.75. The van der Waals surface area contributed by atoms with Crippen LogP contribution < -0.4 is 20.7 Å². The van der Waals surface area contributed by atoms with Crippen molar-refractivity contribution in [3.05, 3.63) is 53.7 Å². The number of nitrogens with one attached hydrogen (secondary N) is 3. The summed E-state index contributed by atoms with van der Waals surface area (Å²) in [5.41, 5.74) is 3.11. The van der Waals surface area contributed by atoms with Crippen LogP contribution in [0.4, 0.5) is 5.69 Å². The predicted octanol–water partition coefficient (Wildman–Crippen LogP) is 3.67. The summed E-state index contributed by atoms with van der Waals surface area (Å²) in [5, 5.41) is 9.62. The zero-order valence-electron chi connectivity index (χ0n) is 17.8. The minimum Gasteiger partial charge on any atom is -0.477 e. The molecule has 3 N–H and O–H groups in total. The highest BCUT2D eigenvalue weighted by Crippen LogP contribution is 2.31. The lowest BCUT2D eigenvalue weighted by molar-refractivity contribution is -0.116. The normalized spacial score (nSPS) is 17.8. The van der Waals surface area contributed by atoms with E-state index < -0.39 is 0 Å². The molecule has 1 saturated carbocycles. The average molecular weight is 535 g/mol. The summed E-state index contributed by atoms with van der Waals surface area (Å²) in [5.74, 6) is 2.26. The van der Waals surface area contributed by atoms with Crippen molar-refractivity contribution in [3.8, 4) is 5.88 Å². The SMILES string of the molecule is CCNC(=NCc1ccnc(OCC2CC2)c1)NCC1CC(=O)Nc2ccccc21.I. The lowest BCUT2D eigenvalue weighted by Gasteiger charge is -2.26. The Labute approximate surface area is 200 Å². The number of nitrogens with zero attached hydrogens (tertiary/aromatic N) is 2. The number of para-hydroxylation sites is 1. The number of halogens is 1. The zero-order chi connectivity index (χ0) is 20.8. The number of hydrogen-bond donors (Lipinski definition) is 3. The standard InChI is InChI=1S/C23H29N5O2.HI/c1-2-24-23(26-13-17-9-10-25-22(11-17)30-15-16-7-8-16)27-14-18-12-21(29)28-20-6-4-3-5-19(18)20;/h3-6,9-11,16,18H,2,7-8,12-15H2,1H3,(H,28,29)(H2,24,26,27);1H. The topological polar surface area (TPSA) is 87.6 Å². The molecule has 7 nitrogen and oxygen atoms in total. The quantitative estimate of drug-likeness (QED) is 0.273. The molecule has 1 fully saturated rings. The van der Waals surface area contributed by atoms with Gasteiger partial charge >= 0.3 is 0 Å². The Balaban J connectivity index is 0.00000272. The van der Waals surface area contributed by atoms with E-state index in [-0.39, 0.29) is 35.8 Å². The Kier molecular flexibility index (Phi) is 8.51. The fraction of sp³-hybridized carbons (Fsp3) is 0.435. The molecule has 0 radical (unpaired) electrons. The molecule has 0 saturated heterocycles. The Morgan fingerprint density at radius 3 is 2.90 bits per heavy atom. The second kappa shape index (κ2) is 11.3. The summed E-state index contributed by atoms with van der Waals surface area (Å²) in [6.45, 7) is 4.72. The number of pyridine rings is 1. The number of aliphatic imine (C=N–C) groups is 1. The number of carbonyl (C=O) groups excluding carboxylic acids is 1. The van der Waals surface area contributed by atoms with Gasteiger partial charge in [0.05, 0.1) is 13.2 Å². The highest BCUT2D eigenvalue weighted by molar-refractivity contribution is 14.0. The summed E-state index contributed by atoms with van der Waals surface area (Å²) >= 11 is 0. The van der Waals surface area contributed by atoms with Crippen LogP contribution in [0.5, 0.6) is 5.88 Å². The summed E-state index contributed by atoms with van der Waals surface area (Å²) < 4.78 is 5.77. The highest BCUT2D eigenvalue weighted by Gasteiger charge is 2.25. The smallest absolute Gasteiger partial charge is 0.225 e. The van der Waals surface area contributed by atoms with E-state index in [1.165, 1.54) is 12.8 Å². The van der Waals surface area contributed by atoms with Gasteiger partial charge in [-0.05, 0) is 48.9 Å². The minimum atomic E-state index is 0. The van der Waals surface area contributed by atoms with Gasteiger partial charge in [-0.2, -0.15) is 0 Å². The van der Waals surface area contributed by atoms with E-state index in [9.17, 15) is 4.79 Å². The number of anilines is 1. The summed E-state index contributed by atoms with van der Waals surface area (Å²) in [4.78, 5) is 21.0. The van der Waals surface area contributed by atoms with E-state index >= 15 is 0 Å². The lowest BCUT2D eigenvalue weighted by atomic mass is 9.90. The van der Waals surface area contributed by atoms with Gasteiger partial charge in [0.15, 0.2) is 5.96 Å². The Morgan fingerprint density at radius 1 is 1.26 bits per heavy atom. The molecular weight excluding hydrogens is 505 g/mol. The first-order valence-corrected chi connectivity index (χ1v) is 10.7. The van der Waals surface area contributed by atoms with Gasteiger partial charge in [-0.25, -0.2) is 9.98 Å². The molecule has 1 atom stereocenters. The third-order valence-corrected chi connectivity index (χ3v) is 5.35. The van der Waals surface area contributed by atoms with Crippen LogP contribution in [-0.2, 0) is 11.3 Å². The largest absolute Gasteiger partial charge is 0.477 e. The Hall–Kier alpha value is -2.36. The molecule has 2 heterocycles. The predicted molar refractivity (Wildman–Crippen MR) is 133 cm³/mol. The number of benzene rings is 1.